The molecule has 90 valence electrons. The van der Waals surface area contributed by atoms with Crippen molar-refractivity contribution in [3.63, 3.8) is 0 Å². The van der Waals surface area contributed by atoms with E-state index in [4.69, 9.17) is 9.52 Å². The number of carbonyl (C=O) groups is 1. The molecule has 0 bridgehead atoms. The van der Waals surface area contributed by atoms with Crippen LogP contribution in [0.3, 0.4) is 0 Å². The zero-order valence-electron chi connectivity index (χ0n) is 8.92. The molecule has 2 aromatic rings. The van der Waals surface area contributed by atoms with E-state index in [1.54, 1.807) is 0 Å². The highest BCUT2D eigenvalue weighted by Crippen LogP contribution is 2.09. The summed E-state index contributed by atoms with van der Waals surface area (Å²) < 4.78 is 9.65. The summed E-state index contributed by atoms with van der Waals surface area (Å²) >= 11 is 0. The third-order valence-electron chi connectivity index (χ3n) is 2.19. The predicted molar refractivity (Wildman–Crippen MR) is 55.4 cm³/mol. The Labute approximate surface area is 96.4 Å². The molecule has 0 unspecified atom stereocenters. The standard InChI is InChI=1S/C10H11N3O4/c14-10(15)7-2-4-16-8(7)5-11-3-1-9-12-6-17-13-9/h2,4,6,11H,1,3,5H2,(H,14,15). The van der Waals surface area contributed by atoms with E-state index in [2.05, 4.69) is 20.0 Å². The van der Waals surface area contributed by atoms with Crippen LogP contribution in [0.4, 0.5) is 0 Å². The quantitative estimate of drug-likeness (QED) is 0.712. The molecule has 0 saturated carbocycles. The highest BCUT2D eigenvalue weighted by atomic mass is 16.5. The summed E-state index contributed by atoms with van der Waals surface area (Å²) in [4.78, 5) is 14.6. The van der Waals surface area contributed by atoms with Crippen LogP contribution in [0.15, 0.2) is 27.7 Å². The van der Waals surface area contributed by atoms with Gasteiger partial charge in [-0.2, -0.15) is 4.98 Å². The Bertz CT molecular complexity index is 477. The number of aromatic nitrogens is 2. The van der Waals surface area contributed by atoms with Gasteiger partial charge in [0, 0.05) is 13.0 Å². The molecular weight excluding hydrogens is 226 g/mol. The summed E-state index contributed by atoms with van der Waals surface area (Å²) in [6.45, 7) is 0.964. The van der Waals surface area contributed by atoms with Crippen LogP contribution >= 0.6 is 0 Å². The molecule has 2 aromatic heterocycles. The first-order chi connectivity index (χ1) is 8.27. The third kappa shape index (κ3) is 2.91. The summed E-state index contributed by atoms with van der Waals surface area (Å²) in [7, 11) is 0. The highest BCUT2D eigenvalue weighted by molar-refractivity contribution is 5.88. The van der Waals surface area contributed by atoms with E-state index in [-0.39, 0.29) is 5.56 Å². The van der Waals surface area contributed by atoms with Crippen LogP contribution in [0.1, 0.15) is 21.9 Å². The van der Waals surface area contributed by atoms with Gasteiger partial charge in [-0.15, -0.1) is 0 Å². The third-order valence-corrected chi connectivity index (χ3v) is 2.19. The van der Waals surface area contributed by atoms with Crippen LogP contribution in [0, 0.1) is 0 Å². The molecule has 0 radical (unpaired) electrons. The second-order valence-corrected chi connectivity index (χ2v) is 3.34. The normalized spacial score (nSPS) is 10.6. The summed E-state index contributed by atoms with van der Waals surface area (Å²) in [5.74, 6) is 0.0229. The van der Waals surface area contributed by atoms with Gasteiger partial charge in [-0.05, 0) is 6.07 Å². The molecule has 7 heteroatoms. The molecule has 17 heavy (non-hydrogen) atoms. The van der Waals surface area contributed by atoms with Gasteiger partial charge in [-0.3, -0.25) is 0 Å². The molecular formula is C10H11N3O4. The molecule has 0 aliphatic carbocycles. The number of aromatic carboxylic acids is 1. The zero-order valence-corrected chi connectivity index (χ0v) is 8.92. The van der Waals surface area contributed by atoms with Crippen molar-refractivity contribution in [2.24, 2.45) is 0 Å². The van der Waals surface area contributed by atoms with E-state index in [0.717, 1.165) is 0 Å². The molecule has 0 atom stereocenters. The first kappa shape index (κ1) is 11.3. The van der Waals surface area contributed by atoms with Crippen molar-refractivity contribution < 1.29 is 18.8 Å². The van der Waals surface area contributed by atoms with Gasteiger partial charge in [0.25, 0.3) is 0 Å². The maximum atomic E-state index is 10.8. The fourth-order valence-electron chi connectivity index (χ4n) is 1.37. The Balaban J connectivity index is 1.78. The van der Waals surface area contributed by atoms with Crippen molar-refractivity contribution in [2.75, 3.05) is 6.54 Å². The molecule has 2 N–H and O–H groups in total. The molecule has 0 amide bonds. The van der Waals surface area contributed by atoms with Gasteiger partial charge in [-0.25, -0.2) is 4.79 Å². The molecule has 0 spiro atoms. The molecule has 7 nitrogen and oxygen atoms in total. The zero-order chi connectivity index (χ0) is 12.1. The number of rotatable bonds is 6. The number of carboxylic acids is 1. The van der Waals surface area contributed by atoms with Crippen LogP contribution in [-0.2, 0) is 13.0 Å². The van der Waals surface area contributed by atoms with Crippen LogP contribution in [0.5, 0.6) is 0 Å². The fraction of sp³-hybridized carbons (Fsp3) is 0.300. The van der Waals surface area contributed by atoms with E-state index in [0.29, 0.717) is 31.1 Å². The molecule has 0 saturated heterocycles. The smallest absolute Gasteiger partial charge is 0.339 e. The van der Waals surface area contributed by atoms with Gasteiger partial charge in [0.05, 0.1) is 12.8 Å². The van der Waals surface area contributed by atoms with E-state index in [1.807, 2.05) is 0 Å². The Morgan fingerprint density at radius 3 is 3.12 bits per heavy atom. The molecule has 0 fully saturated rings. The minimum atomic E-state index is -0.992. The van der Waals surface area contributed by atoms with Crippen molar-refractivity contribution in [1.82, 2.24) is 15.5 Å². The molecule has 2 heterocycles. The van der Waals surface area contributed by atoms with Crippen molar-refractivity contribution in [2.45, 2.75) is 13.0 Å². The first-order valence-electron chi connectivity index (χ1n) is 5.03. The number of furan rings is 1. The Morgan fingerprint density at radius 2 is 2.41 bits per heavy atom. The highest BCUT2D eigenvalue weighted by Gasteiger charge is 2.12. The summed E-state index contributed by atoms with van der Waals surface area (Å²) in [6.07, 6.45) is 3.24. The van der Waals surface area contributed by atoms with Crippen molar-refractivity contribution in [3.05, 3.63) is 35.9 Å². The van der Waals surface area contributed by atoms with Crippen molar-refractivity contribution in [3.8, 4) is 0 Å². The largest absolute Gasteiger partial charge is 0.478 e. The van der Waals surface area contributed by atoms with E-state index < -0.39 is 5.97 Å². The summed E-state index contributed by atoms with van der Waals surface area (Å²) in [6, 6.07) is 1.43. The molecule has 0 aliphatic rings. The lowest BCUT2D eigenvalue weighted by Gasteiger charge is -2.01. The number of carboxylic acid groups (broad SMARTS) is 1. The number of hydrogen-bond acceptors (Lipinski definition) is 6. The van der Waals surface area contributed by atoms with E-state index in [1.165, 1.54) is 18.7 Å². The number of hydrogen-bond donors (Lipinski definition) is 2. The van der Waals surface area contributed by atoms with Gasteiger partial charge < -0.3 is 19.4 Å². The lowest BCUT2D eigenvalue weighted by atomic mass is 10.2. The Morgan fingerprint density at radius 1 is 1.53 bits per heavy atom. The maximum Gasteiger partial charge on any atom is 0.339 e. The summed E-state index contributed by atoms with van der Waals surface area (Å²) in [5.41, 5.74) is 0.178. The lowest BCUT2D eigenvalue weighted by molar-refractivity contribution is 0.0694. The topological polar surface area (TPSA) is 101 Å². The van der Waals surface area contributed by atoms with Crippen LogP contribution in [0.25, 0.3) is 0 Å². The fourth-order valence-corrected chi connectivity index (χ4v) is 1.37. The van der Waals surface area contributed by atoms with Crippen molar-refractivity contribution >= 4 is 5.97 Å². The number of nitrogens with one attached hydrogen (secondary N) is 1. The van der Waals surface area contributed by atoms with Gasteiger partial charge in [0.1, 0.15) is 11.3 Å². The molecule has 2 rings (SSSR count). The average molecular weight is 237 g/mol. The van der Waals surface area contributed by atoms with Crippen LogP contribution < -0.4 is 5.32 Å². The minimum Gasteiger partial charge on any atom is -0.478 e. The first-order valence-corrected chi connectivity index (χ1v) is 5.03. The van der Waals surface area contributed by atoms with Gasteiger partial charge in [0.15, 0.2) is 5.82 Å². The average Bonchev–Trinajstić information content (AvgIpc) is 2.95. The van der Waals surface area contributed by atoms with Gasteiger partial charge in [-0.1, -0.05) is 5.16 Å². The molecule has 0 aromatic carbocycles. The van der Waals surface area contributed by atoms with E-state index in [9.17, 15) is 4.79 Å². The lowest BCUT2D eigenvalue weighted by Crippen LogP contribution is -2.18. The Hall–Kier alpha value is -2.15. The molecule has 0 aliphatic heterocycles. The number of nitrogens with zero attached hydrogens (tertiary/aromatic N) is 2. The van der Waals surface area contributed by atoms with E-state index >= 15 is 0 Å². The maximum absolute atomic E-state index is 10.8. The van der Waals surface area contributed by atoms with Crippen LogP contribution in [-0.4, -0.2) is 27.8 Å². The Kier molecular flexibility index (Phi) is 3.51. The SMILES string of the molecule is O=C(O)c1ccoc1CNCCc1ncon1. The van der Waals surface area contributed by atoms with Gasteiger partial charge in [0.2, 0.25) is 6.39 Å². The predicted octanol–water partition coefficient (Wildman–Crippen LogP) is 0.693. The minimum absolute atomic E-state index is 0.178. The summed E-state index contributed by atoms with van der Waals surface area (Å²) in [5, 5.41) is 15.5. The monoisotopic (exact) mass is 237 g/mol. The van der Waals surface area contributed by atoms with Gasteiger partial charge >= 0.3 is 5.97 Å². The second-order valence-electron chi connectivity index (χ2n) is 3.34. The second kappa shape index (κ2) is 5.26. The van der Waals surface area contributed by atoms with Crippen LogP contribution in [0.2, 0.25) is 0 Å². The van der Waals surface area contributed by atoms with Crippen molar-refractivity contribution in [1.29, 1.82) is 0 Å².